The SMILES string of the molecule is COc1ccc([C@H]2c3c(C)nn(-c4ccccc4)c3Oc3ncn4nc(-c5ccccc5C)nc4c32)cc1. The molecule has 0 fully saturated rings. The second kappa shape index (κ2) is 8.55. The largest absolute Gasteiger partial charge is 0.497 e. The van der Waals surface area contributed by atoms with Gasteiger partial charge in [0.05, 0.1) is 35.5 Å². The Kier molecular flexibility index (Phi) is 5.00. The maximum absolute atomic E-state index is 6.51. The van der Waals surface area contributed by atoms with Crippen LogP contribution in [0, 0.1) is 13.8 Å². The minimum absolute atomic E-state index is 0.220. The zero-order chi connectivity index (χ0) is 25.8. The molecule has 0 unspecified atom stereocenters. The first-order chi connectivity index (χ1) is 18.6. The fraction of sp³-hybridized carbons (Fsp3) is 0.133. The van der Waals surface area contributed by atoms with Crippen LogP contribution in [-0.4, -0.2) is 36.5 Å². The molecule has 38 heavy (non-hydrogen) atoms. The number of fused-ring (bicyclic) bond motifs is 4. The number of rotatable bonds is 4. The number of methoxy groups -OCH3 is 1. The summed E-state index contributed by atoms with van der Waals surface area (Å²) in [5.41, 5.74) is 7.46. The molecule has 0 bridgehead atoms. The van der Waals surface area contributed by atoms with Crippen molar-refractivity contribution in [1.82, 2.24) is 29.4 Å². The zero-order valence-electron chi connectivity index (χ0n) is 21.2. The lowest BCUT2D eigenvalue weighted by Crippen LogP contribution is -2.16. The van der Waals surface area contributed by atoms with E-state index >= 15 is 0 Å². The van der Waals surface area contributed by atoms with E-state index in [4.69, 9.17) is 29.6 Å². The predicted molar refractivity (Wildman–Crippen MR) is 143 cm³/mol. The van der Waals surface area contributed by atoms with Crippen LogP contribution in [0.15, 0.2) is 85.2 Å². The van der Waals surface area contributed by atoms with Crippen molar-refractivity contribution in [2.45, 2.75) is 19.8 Å². The first kappa shape index (κ1) is 22.2. The Balaban J connectivity index is 1.49. The van der Waals surface area contributed by atoms with Gasteiger partial charge in [0.25, 0.3) is 0 Å². The lowest BCUT2D eigenvalue weighted by atomic mass is 9.84. The first-order valence-corrected chi connectivity index (χ1v) is 12.4. The minimum atomic E-state index is -0.220. The van der Waals surface area contributed by atoms with Gasteiger partial charge in [0.1, 0.15) is 12.1 Å². The van der Waals surface area contributed by atoms with Gasteiger partial charge in [-0.1, -0.05) is 54.6 Å². The van der Waals surface area contributed by atoms with Crippen LogP contribution in [0.3, 0.4) is 0 Å². The van der Waals surface area contributed by atoms with Crippen molar-refractivity contribution in [2.24, 2.45) is 0 Å². The standard InChI is InChI=1S/C30H24N6O2/c1-18-9-7-8-12-23(18)27-32-28-26-25(20-13-15-22(37-3)16-14-20)24-19(2)33-36(21-10-5-4-6-11-21)30(24)38-29(26)31-17-35(28)34-27/h4-17,25H,1-3H3/t25-/m0/s1. The van der Waals surface area contributed by atoms with E-state index in [1.165, 1.54) is 0 Å². The van der Waals surface area contributed by atoms with Crippen molar-refractivity contribution in [2.75, 3.05) is 7.11 Å². The Morgan fingerprint density at radius 3 is 2.37 bits per heavy atom. The maximum Gasteiger partial charge on any atom is 0.230 e. The number of nitrogens with zero attached hydrogens (tertiary/aromatic N) is 6. The van der Waals surface area contributed by atoms with Gasteiger partial charge in [-0.15, -0.1) is 5.10 Å². The zero-order valence-corrected chi connectivity index (χ0v) is 21.2. The predicted octanol–water partition coefficient (Wildman–Crippen LogP) is 5.89. The highest BCUT2D eigenvalue weighted by molar-refractivity contribution is 5.69. The Bertz CT molecular complexity index is 1800. The Labute approximate surface area is 219 Å². The molecule has 7 rings (SSSR count). The summed E-state index contributed by atoms with van der Waals surface area (Å²) in [6.07, 6.45) is 1.66. The van der Waals surface area contributed by atoms with Crippen LogP contribution >= 0.6 is 0 Å². The Morgan fingerprint density at radius 2 is 1.61 bits per heavy atom. The topological polar surface area (TPSA) is 79.4 Å². The molecule has 1 atom stereocenters. The van der Waals surface area contributed by atoms with Crippen LogP contribution in [-0.2, 0) is 0 Å². The molecule has 1 aliphatic rings. The van der Waals surface area contributed by atoms with Gasteiger partial charge >= 0.3 is 0 Å². The average molecular weight is 501 g/mol. The van der Waals surface area contributed by atoms with Gasteiger partial charge in [-0.3, -0.25) is 0 Å². The van der Waals surface area contributed by atoms with E-state index in [2.05, 4.69) is 25.1 Å². The monoisotopic (exact) mass is 500 g/mol. The molecular formula is C30H24N6O2. The molecule has 8 heteroatoms. The van der Waals surface area contributed by atoms with Crippen molar-refractivity contribution >= 4 is 5.65 Å². The Hall–Kier alpha value is -4.98. The van der Waals surface area contributed by atoms with Crippen LogP contribution in [0.5, 0.6) is 17.5 Å². The van der Waals surface area contributed by atoms with Gasteiger partial charge in [0.2, 0.25) is 11.8 Å². The molecule has 3 aromatic carbocycles. The van der Waals surface area contributed by atoms with Crippen molar-refractivity contribution in [3.8, 4) is 34.6 Å². The quantitative estimate of drug-likeness (QED) is 0.300. The second-order valence-corrected chi connectivity index (χ2v) is 9.34. The number of benzene rings is 3. The van der Waals surface area contributed by atoms with E-state index in [0.717, 1.165) is 44.9 Å². The molecule has 0 aliphatic carbocycles. The molecule has 0 saturated heterocycles. The molecule has 8 nitrogen and oxygen atoms in total. The summed E-state index contributed by atoms with van der Waals surface area (Å²) in [5, 5.41) is 9.68. The molecule has 3 aromatic heterocycles. The summed E-state index contributed by atoms with van der Waals surface area (Å²) in [7, 11) is 1.67. The van der Waals surface area contributed by atoms with E-state index in [9.17, 15) is 0 Å². The normalized spacial score (nSPS) is 14.1. The second-order valence-electron chi connectivity index (χ2n) is 9.34. The van der Waals surface area contributed by atoms with E-state index in [0.29, 0.717) is 23.2 Å². The molecule has 0 saturated carbocycles. The van der Waals surface area contributed by atoms with E-state index < -0.39 is 0 Å². The number of ether oxygens (including phenoxy) is 2. The fourth-order valence-corrected chi connectivity index (χ4v) is 5.19. The lowest BCUT2D eigenvalue weighted by molar-refractivity contribution is 0.402. The van der Waals surface area contributed by atoms with E-state index in [1.807, 2.05) is 72.3 Å². The van der Waals surface area contributed by atoms with Crippen LogP contribution < -0.4 is 9.47 Å². The summed E-state index contributed by atoms with van der Waals surface area (Å²) in [4.78, 5) is 9.72. The van der Waals surface area contributed by atoms with Gasteiger partial charge in [0, 0.05) is 5.56 Å². The fourth-order valence-electron chi connectivity index (χ4n) is 5.19. The smallest absolute Gasteiger partial charge is 0.230 e. The van der Waals surface area contributed by atoms with Crippen molar-refractivity contribution in [3.05, 3.63) is 113 Å². The maximum atomic E-state index is 6.51. The Morgan fingerprint density at radius 1 is 0.842 bits per heavy atom. The van der Waals surface area contributed by atoms with Crippen LogP contribution in [0.2, 0.25) is 0 Å². The summed E-state index contributed by atoms with van der Waals surface area (Å²) in [5.74, 6) is 2.36. The number of aryl methyl sites for hydroxylation is 2. The minimum Gasteiger partial charge on any atom is -0.497 e. The van der Waals surface area contributed by atoms with E-state index in [1.54, 1.807) is 18.0 Å². The number of aromatic nitrogens is 6. The van der Waals surface area contributed by atoms with Gasteiger partial charge < -0.3 is 9.47 Å². The summed E-state index contributed by atoms with van der Waals surface area (Å²) in [6.45, 7) is 4.07. The third-order valence-electron chi connectivity index (χ3n) is 7.06. The molecule has 0 radical (unpaired) electrons. The molecule has 6 aromatic rings. The van der Waals surface area contributed by atoms with Crippen LogP contribution in [0.1, 0.15) is 33.9 Å². The van der Waals surface area contributed by atoms with Gasteiger partial charge in [0.15, 0.2) is 11.5 Å². The highest BCUT2D eigenvalue weighted by Gasteiger charge is 2.38. The molecule has 0 amide bonds. The summed E-state index contributed by atoms with van der Waals surface area (Å²) >= 11 is 0. The number of para-hydroxylation sites is 1. The summed E-state index contributed by atoms with van der Waals surface area (Å²) in [6, 6.07) is 26.2. The third kappa shape index (κ3) is 3.37. The molecular weight excluding hydrogens is 476 g/mol. The molecule has 0 N–H and O–H groups in total. The number of hydrogen-bond acceptors (Lipinski definition) is 6. The molecule has 186 valence electrons. The van der Waals surface area contributed by atoms with E-state index in [-0.39, 0.29) is 5.92 Å². The van der Waals surface area contributed by atoms with Gasteiger partial charge in [-0.05, 0) is 49.2 Å². The lowest BCUT2D eigenvalue weighted by Gasteiger charge is -2.26. The van der Waals surface area contributed by atoms with Crippen molar-refractivity contribution in [3.63, 3.8) is 0 Å². The molecule has 1 aliphatic heterocycles. The van der Waals surface area contributed by atoms with Crippen molar-refractivity contribution in [1.29, 1.82) is 0 Å². The number of hydrogen-bond donors (Lipinski definition) is 0. The highest BCUT2D eigenvalue weighted by Crippen LogP contribution is 2.50. The third-order valence-corrected chi connectivity index (χ3v) is 7.06. The average Bonchev–Trinajstić information content (AvgIpc) is 3.54. The summed E-state index contributed by atoms with van der Waals surface area (Å²) < 4.78 is 15.5. The van der Waals surface area contributed by atoms with Crippen LogP contribution in [0.25, 0.3) is 22.7 Å². The van der Waals surface area contributed by atoms with Crippen molar-refractivity contribution < 1.29 is 9.47 Å². The molecule has 0 spiro atoms. The van der Waals surface area contributed by atoms with Gasteiger partial charge in [-0.2, -0.15) is 5.10 Å². The first-order valence-electron chi connectivity index (χ1n) is 12.4. The van der Waals surface area contributed by atoms with Gasteiger partial charge in [-0.25, -0.2) is 19.2 Å². The van der Waals surface area contributed by atoms with Crippen LogP contribution in [0.4, 0.5) is 0 Å². The molecule has 4 heterocycles. The highest BCUT2D eigenvalue weighted by atomic mass is 16.5.